The predicted octanol–water partition coefficient (Wildman–Crippen LogP) is 7.14. The van der Waals surface area contributed by atoms with Crippen LogP contribution in [0.25, 0.3) is 76.5 Å². The number of phenols is 11. The molecule has 238 valence electrons. The maximum Gasteiger partial charge on any atom is 0.208 e. The van der Waals surface area contributed by atoms with E-state index in [0.717, 1.165) is 22.9 Å². The van der Waals surface area contributed by atoms with E-state index in [0.29, 0.717) is 11.1 Å². The molecule has 0 bridgehead atoms. The van der Waals surface area contributed by atoms with Crippen LogP contribution in [0, 0.1) is 0 Å². The van der Waals surface area contributed by atoms with E-state index in [1.165, 1.54) is 12.1 Å². The van der Waals surface area contributed by atoms with Gasteiger partial charge in [-0.2, -0.15) is 0 Å². The predicted molar refractivity (Wildman–Crippen MR) is 175 cm³/mol. The molecule has 48 heavy (non-hydrogen) atoms. The van der Waals surface area contributed by atoms with Gasteiger partial charge in [0.25, 0.3) is 0 Å². The maximum atomic E-state index is 11.7. The third-order valence-electron chi connectivity index (χ3n) is 8.80. The zero-order valence-corrected chi connectivity index (χ0v) is 24.2. The Hall–Kier alpha value is -7.08. The van der Waals surface area contributed by atoms with E-state index in [1.807, 2.05) is 30.3 Å². The molecule has 1 heterocycles. The molecule has 1 aromatic heterocycles. The van der Waals surface area contributed by atoms with E-state index < -0.39 is 90.7 Å². The van der Waals surface area contributed by atoms with Crippen molar-refractivity contribution in [3.8, 4) is 85.5 Å². The van der Waals surface area contributed by atoms with Crippen molar-refractivity contribution < 1.29 is 60.6 Å². The first-order valence-corrected chi connectivity index (χ1v) is 14.2. The van der Waals surface area contributed by atoms with Crippen LogP contribution in [0.4, 0.5) is 0 Å². The Kier molecular flexibility index (Phi) is 5.60. The molecule has 0 saturated carbocycles. The molecule has 12 heteroatoms. The lowest BCUT2D eigenvalue weighted by molar-refractivity contribution is 0.348. The fourth-order valence-electron chi connectivity index (χ4n) is 6.64. The Balaban J connectivity index is 1.62. The highest BCUT2D eigenvalue weighted by atomic mass is 16.4. The number of hydrogen-bond donors (Lipinski definition) is 11. The van der Waals surface area contributed by atoms with Crippen LogP contribution in [0.5, 0.6) is 63.2 Å². The molecule has 0 spiro atoms. The summed E-state index contributed by atoms with van der Waals surface area (Å²) in [6.45, 7) is 0. The number of hydrogen-bond acceptors (Lipinski definition) is 12. The summed E-state index contributed by atoms with van der Waals surface area (Å²) in [6, 6.07) is 17.7. The number of phenolic OH excluding ortho intramolecular Hbond substituents is 11. The lowest BCUT2D eigenvalue weighted by atomic mass is 9.83. The third kappa shape index (κ3) is 3.53. The summed E-state index contributed by atoms with van der Waals surface area (Å²) in [5, 5.41) is 120. The molecular formula is C36H22O12. The minimum Gasteiger partial charge on any atom is -0.504 e. The van der Waals surface area contributed by atoms with Crippen molar-refractivity contribution in [3.05, 3.63) is 66.7 Å². The lowest BCUT2D eigenvalue weighted by Gasteiger charge is -2.21. The fourth-order valence-corrected chi connectivity index (χ4v) is 6.64. The normalized spacial score (nSPS) is 11.8. The lowest BCUT2D eigenvalue weighted by Crippen LogP contribution is -1.93. The zero-order valence-electron chi connectivity index (χ0n) is 24.2. The Morgan fingerprint density at radius 3 is 1.40 bits per heavy atom. The molecule has 0 unspecified atom stereocenters. The highest BCUT2D eigenvalue weighted by Gasteiger charge is 2.33. The van der Waals surface area contributed by atoms with Gasteiger partial charge < -0.3 is 60.6 Å². The summed E-state index contributed by atoms with van der Waals surface area (Å²) in [5.74, 6) is -9.44. The van der Waals surface area contributed by atoms with Gasteiger partial charge in [0.05, 0.1) is 16.3 Å². The molecule has 0 atom stereocenters. The molecule has 0 amide bonds. The summed E-state index contributed by atoms with van der Waals surface area (Å²) >= 11 is 0. The second-order valence-electron chi connectivity index (χ2n) is 11.4. The van der Waals surface area contributed by atoms with Gasteiger partial charge in [0.2, 0.25) is 17.2 Å². The molecule has 8 aromatic rings. The average molecular weight is 647 g/mol. The van der Waals surface area contributed by atoms with E-state index in [4.69, 9.17) is 4.42 Å². The number of fused-ring (bicyclic) bond motifs is 6. The second-order valence-corrected chi connectivity index (χ2v) is 11.4. The van der Waals surface area contributed by atoms with Crippen molar-refractivity contribution in [1.29, 1.82) is 0 Å². The van der Waals surface area contributed by atoms with E-state index in [2.05, 4.69) is 0 Å². The van der Waals surface area contributed by atoms with Gasteiger partial charge in [-0.25, -0.2) is 0 Å². The van der Waals surface area contributed by atoms with Crippen LogP contribution in [0.15, 0.2) is 71.1 Å². The molecular weight excluding hydrogens is 624 g/mol. The molecule has 0 fully saturated rings. The fraction of sp³-hybridized carbons (Fsp3) is 0. The zero-order chi connectivity index (χ0) is 33.9. The monoisotopic (exact) mass is 646 g/mol. The molecule has 0 aliphatic rings. The number of furan rings is 1. The van der Waals surface area contributed by atoms with Crippen LogP contribution in [-0.2, 0) is 0 Å². The van der Waals surface area contributed by atoms with E-state index in [-0.39, 0.29) is 27.1 Å². The van der Waals surface area contributed by atoms with E-state index in [1.54, 1.807) is 12.1 Å². The van der Waals surface area contributed by atoms with E-state index in [9.17, 15) is 56.2 Å². The molecule has 0 aliphatic carbocycles. The maximum absolute atomic E-state index is 11.7. The van der Waals surface area contributed by atoms with Gasteiger partial charge in [0, 0.05) is 5.56 Å². The van der Waals surface area contributed by atoms with Crippen LogP contribution in [0.3, 0.4) is 0 Å². The highest BCUT2D eigenvalue weighted by Crippen LogP contribution is 2.60. The van der Waals surface area contributed by atoms with Crippen molar-refractivity contribution in [2.45, 2.75) is 0 Å². The van der Waals surface area contributed by atoms with Crippen molar-refractivity contribution in [3.63, 3.8) is 0 Å². The molecule has 8 rings (SSSR count). The minimum absolute atomic E-state index is 0.0901. The van der Waals surface area contributed by atoms with Gasteiger partial charge in [0.1, 0.15) is 0 Å². The van der Waals surface area contributed by atoms with Gasteiger partial charge in [-0.3, -0.25) is 0 Å². The summed E-state index contributed by atoms with van der Waals surface area (Å²) in [7, 11) is 0. The minimum atomic E-state index is -1.16. The first kappa shape index (κ1) is 28.4. The topological polar surface area (TPSA) is 236 Å². The standard InChI is InChI=1S/C36H22O12/c37-19-8-15-17(10-21(19)39)24(18-11-22(40)20(38)9-16(18)23(15)14-7-3-5-12-4-1-2-6-13(12)14)25-28(41)29(42)26-27-30(43)32(45)33(46)34(47)36(27)48-35(26)31(25)44/h1-11,37-47H. The van der Waals surface area contributed by atoms with E-state index >= 15 is 0 Å². The largest absolute Gasteiger partial charge is 0.504 e. The smallest absolute Gasteiger partial charge is 0.208 e. The Bertz CT molecular complexity index is 2670. The van der Waals surface area contributed by atoms with Crippen molar-refractivity contribution in [2.75, 3.05) is 0 Å². The number of rotatable bonds is 2. The number of benzene rings is 7. The van der Waals surface area contributed by atoms with Crippen LogP contribution >= 0.6 is 0 Å². The molecule has 7 aromatic carbocycles. The SMILES string of the molecule is Oc1cc2c(-c3c(O)c(O)c4c(oc5c(O)c(O)c(O)c(O)c54)c3O)c3cc(O)c(O)cc3c(-c3cccc4ccccc34)c2cc1O. The van der Waals surface area contributed by atoms with Crippen molar-refractivity contribution in [1.82, 2.24) is 0 Å². The average Bonchev–Trinajstić information content (AvgIpc) is 3.48. The van der Waals surface area contributed by atoms with Gasteiger partial charge in [-0.1, -0.05) is 42.5 Å². The highest BCUT2D eigenvalue weighted by molar-refractivity contribution is 6.27. The first-order chi connectivity index (χ1) is 22.9. The van der Waals surface area contributed by atoms with Crippen molar-refractivity contribution in [2.24, 2.45) is 0 Å². The van der Waals surface area contributed by atoms with Crippen LogP contribution in [0.1, 0.15) is 0 Å². The molecule has 0 saturated heterocycles. The Morgan fingerprint density at radius 1 is 0.354 bits per heavy atom. The van der Waals surface area contributed by atoms with Crippen molar-refractivity contribution >= 4 is 54.3 Å². The van der Waals surface area contributed by atoms with Gasteiger partial charge in [0.15, 0.2) is 57.2 Å². The summed E-state index contributed by atoms with van der Waals surface area (Å²) < 4.78 is 5.60. The molecule has 0 radical (unpaired) electrons. The summed E-state index contributed by atoms with van der Waals surface area (Å²) in [4.78, 5) is 0. The quantitative estimate of drug-likeness (QED) is 0.0510. The summed E-state index contributed by atoms with van der Waals surface area (Å²) in [6.07, 6.45) is 0. The second kappa shape index (κ2) is 9.47. The van der Waals surface area contributed by atoms with Gasteiger partial charge in [-0.15, -0.1) is 0 Å². The van der Waals surface area contributed by atoms with Gasteiger partial charge in [-0.05, 0) is 67.7 Å². The Morgan fingerprint density at radius 2 is 0.812 bits per heavy atom. The summed E-state index contributed by atoms with van der Waals surface area (Å²) in [5.41, 5.74) is -0.815. The van der Waals surface area contributed by atoms with Crippen LogP contribution < -0.4 is 0 Å². The molecule has 11 N–H and O–H groups in total. The third-order valence-corrected chi connectivity index (χ3v) is 8.80. The Labute approximate surface area is 266 Å². The van der Waals surface area contributed by atoms with Crippen LogP contribution in [-0.4, -0.2) is 56.2 Å². The number of aromatic hydroxyl groups is 11. The molecule has 12 nitrogen and oxygen atoms in total. The first-order valence-electron chi connectivity index (χ1n) is 14.2. The van der Waals surface area contributed by atoms with Gasteiger partial charge >= 0.3 is 0 Å². The van der Waals surface area contributed by atoms with Crippen LogP contribution in [0.2, 0.25) is 0 Å². The molecule has 0 aliphatic heterocycles.